The first kappa shape index (κ1) is 18.1. The number of hydrogen-bond acceptors (Lipinski definition) is 5. The van der Waals surface area contributed by atoms with E-state index in [2.05, 4.69) is 18.8 Å². The molecule has 0 saturated carbocycles. The standard InChI is InChI=1S/C18H23N3O2S2/c1-13(2)15-12-25-17(19-15)18(23)21-6-3-5-20(7-8-21)16(22)10-14-4-9-24-11-14/h4,9,11-13H,3,5-8,10H2,1-2H3. The Kier molecular flexibility index (Phi) is 5.86. The number of nitrogens with zero attached hydrogens (tertiary/aromatic N) is 3. The second kappa shape index (κ2) is 8.10. The van der Waals surface area contributed by atoms with Gasteiger partial charge >= 0.3 is 0 Å². The highest BCUT2D eigenvalue weighted by Crippen LogP contribution is 2.20. The average Bonchev–Trinajstić information content (AvgIpc) is 3.21. The zero-order valence-corrected chi connectivity index (χ0v) is 16.2. The van der Waals surface area contributed by atoms with Gasteiger partial charge in [-0.25, -0.2) is 4.98 Å². The second-order valence-corrected chi connectivity index (χ2v) is 8.21. The molecule has 3 heterocycles. The maximum absolute atomic E-state index is 12.7. The van der Waals surface area contributed by atoms with Crippen molar-refractivity contribution < 1.29 is 9.59 Å². The van der Waals surface area contributed by atoms with Gasteiger partial charge in [-0.2, -0.15) is 11.3 Å². The average molecular weight is 378 g/mol. The number of thiophene rings is 1. The van der Waals surface area contributed by atoms with Crippen LogP contribution in [0.2, 0.25) is 0 Å². The third-order valence-corrected chi connectivity index (χ3v) is 5.95. The zero-order chi connectivity index (χ0) is 17.8. The molecule has 0 atom stereocenters. The molecule has 0 N–H and O–H groups in total. The Hall–Kier alpha value is -1.73. The molecule has 2 amide bonds. The predicted octanol–water partition coefficient (Wildman–Crippen LogP) is 3.25. The number of aromatic nitrogens is 1. The van der Waals surface area contributed by atoms with Crippen molar-refractivity contribution in [1.29, 1.82) is 0 Å². The molecule has 2 aromatic heterocycles. The molecule has 5 nitrogen and oxygen atoms in total. The van der Waals surface area contributed by atoms with Crippen LogP contribution in [0.15, 0.2) is 22.2 Å². The second-order valence-electron chi connectivity index (χ2n) is 6.57. The van der Waals surface area contributed by atoms with Crippen LogP contribution in [0, 0.1) is 0 Å². The molecular weight excluding hydrogens is 354 g/mol. The quantitative estimate of drug-likeness (QED) is 0.822. The Morgan fingerprint density at radius 2 is 1.92 bits per heavy atom. The Balaban J connectivity index is 1.58. The van der Waals surface area contributed by atoms with Crippen molar-refractivity contribution in [2.75, 3.05) is 26.2 Å². The first-order valence-corrected chi connectivity index (χ1v) is 10.4. The summed E-state index contributed by atoms with van der Waals surface area (Å²) in [6.07, 6.45) is 1.26. The highest BCUT2D eigenvalue weighted by molar-refractivity contribution is 7.11. The summed E-state index contributed by atoms with van der Waals surface area (Å²) in [4.78, 5) is 33.3. The van der Waals surface area contributed by atoms with E-state index in [1.165, 1.54) is 11.3 Å². The van der Waals surface area contributed by atoms with E-state index in [4.69, 9.17) is 0 Å². The molecule has 0 spiro atoms. The molecule has 1 fully saturated rings. The Bertz CT molecular complexity index is 725. The van der Waals surface area contributed by atoms with Crippen molar-refractivity contribution in [3.8, 4) is 0 Å². The van der Waals surface area contributed by atoms with Gasteiger partial charge in [-0.05, 0) is 34.7 Å². The number of hydrogen-bond donors (Lipinski definition) is 0. The molecule has 0 aromatic carbocycles. The minimum Gasteiger partial charge on any atom is -0.341 e. The monoisotopic (exact) mass is 377 g/mol. The van der Waals surface area contributed by atoms with Gasteiger partial charge in [0.25, 0.3) is 5.91 Å². The maximum atomic E-state index is 12.7. The summed E-state index contributed by atoms with van der Waals surface area (Å²) >= 11 is 3.02. The van der Waals surface area contributed by atoms with Crippen LogP contribution in [0.25, 0.3) is 0 Å². The molecule has 25 heavy (non-hydrogen) atoms. The minimum absolute atomic E-state index is 0.0102. The van der Waals surface area contributed by atoms with Gasteiger partial charge in [0.15, 0.2) is 5.01 Å². The van der Waals surface area contributed by atoms with Gasteiger partial charge in [0, 0.05) is 31.6 Å². The SMILES string of the molecule is CC(C)c1csc(C(=O)N2CCCN(C(=O)Cc3ccsc3)CC2)n1. The van der Waals surface area contributed by atoms with Gasteiger partial charge in [0.2, 0.25) is 5.91 Å². The highest BCUT2D eigenvalue weighted by Gasteiger charge is 2.24. The van der Waals surface area contributed by atoms with E-state index < -0.39 is 0 Å². The van der Waals surface area contributed by atoms with E-state index in [0.717, 1.165) is 17.7 Å². The molecule has 3 rings (SSSR count). The van der Waals surface area contributed by atoms with E-state index in [1.54, 1.807) is 11.3 Å². The van der Waals surface area contributed by atoms with Crippen molar-refractivity contribution in [1.82, 2.24) is 14.8 Å². The van der Waals surface area contributed by atoms with E-state index >= 15 is 0 Å². The van der Waals surface area contributed by atoms with Crippen molar-refractivity contribution in [3.63, 3.8) is 0 Å². The van der Waals surface area contributed by atoms with Crippen LogP contribution in [0.3, 0.4) is 0 Å². The normalized spacial score (nSPS) is 15.5. The van der Waals surface area contributed by atoms with Crippen molar-refractivity contribution >= 4 is 34.5 Å². The summed E-state index contributed by atoms with van der Waals surface area (Å²) in [6, 6.07) is 1.99. The minimum atomic E-state index is -0.0102. The molecular formula is C18H23N3O2S2. The molecule has 2 aromatic rings. The fourth-order valence-corrected chi connectivity index (χ4v) is 4.45. The molecule has 7 heteroatoms. The van der Waals surface area contributed by atoms with E-state index in [1.807, 2.05) is 32.0 Å². The molecule has 1 aliphatic heterocycles. The van der Waals surface area contributed by atoms with Gasteiger partial charge in [0.1, 0.15) is 0 Å². The summed E-state index contributed by atoms with van der Waals surface area (Å²) in [5.74, 6) is 0.459. The van der Waals surface area contributed by atoms with Crippen LogP contribution in [-0.4, -0.2) is 52.8 Å². The predicted molar refractivity (Wildman–Crippen MR) is 101 cm³/mol. The van der Waals surface area contributed by atoms with Gasteiger partial charge in [-0.1, -0.05) is 13.8 Å². The van der Waals surface area contributed by atoms with Crippen LogP contribution < -0.4 is 0 Å². The Morgan fingerprint density at radius 3 is 2.60 bits per heavy atom. The lowest BCUT2D eigenvalue weighted by atomic mass is 10.2. The van der Waals surface area contributed by atoms with Crippen molar-refractivity contribution in [2.24, 2.45) is 0 Å². The van der Waals surface area contributed by atoms with Crippen LogP contribution in [0.4, 0.5) is 0 Å². The van der Waals surface area contributed by atoms with Crippen LogP contribution in [0.5, 0.6) is 0 Å². The van der Waals surface area contributed by atoms with E-state index in [-0.39, 0.29) is 11.8 Å². The summed E-state index contributed by atoms with van der Waals surface area (Å²) in [5.41, 5.74) is 2.03. The Labute approximate surface area is 156 Å². The maximum Gasteiger partial charge on any atom is 0.282 e. The summed E-state index contributed by atoms with van der Waals surface area (Å²) in [5, 5.41) is 6.53. The number of carbonyl (C=O) groups is 2. The van der Waals surface area contributed by atoms with Gasteiger partial charge < -0.3 is 9.80 Å². The molecule has 1 saturated heterocycles. The molecule has 0 bridgehead atoms. The Morgan fingerprint density at radius 1 is 1.16 bits per heavy atom. The molecule has 1 aliphatic rings. The van der Waals surface area contributed by atoms with Crippen molar-refractivity contribution in [3.05, 3.63) is 38.5 Å². The number of rotatable bonds is 4. The molecule has 0 radical (unpaired) electrons. The lowest BCUT2D eigenvalue weighted by molar-refractivity contribution is -0.130. The summed E-state index contributed by atoms with van der Waals surface area (Å²) < 4.78 is 0. The highest BCUT2D eigenvalue weighted by atomic mass is 32.1. The van der Waals surface area contributed by atoms with Crippen LogP contribution >= 0.6 is 22.7 Å². The lowest BCUT2D eigenvalue weighted by Gasteiger charge is -2.21. The fraction of sp³-hybridized carbons (Fsp3) is 0.500. The topological polar surface area (TPSA) is 53.5 Å². The molecule has 0 aliphatic carbocycles. The van der Waals surface area contributed by atoms with Gasteiger partial charge in [0.05, 0.1) is 12.1 Å². The molecule has 134 valence electrons. The number of carbonyl (C=O) groups excluding carboxylic acids is 2. The van der Waals surface area contributed by atoms with Crippen molar-refractivity contribution in [2.45, 2.75) is 32.6 Å². The first-order chi connectivity index (χ1) is 12.0. The summed E-state index contributed by atoms with van der Waals surface area (Å²) in [6.45, 7) is 6.71. The zero-order valence-electron chi connectivity index (χ0n) is 14.6. The van der Waals surface area contributed by atoms with Crippen LogP contribution in [0.1, 0.15) is 47.2 Å². The summed E-state index contributed by atoms with van der Waals surface area (Å²) in [7, 11) is 0. The molecule has 0 unspecified atom stereocenters. The fourth-order valence-electron chi connectivity index (χ4n) is 2.83. The number of thiazole rings is 1. The largest absolute Gasteiger partial charge is 0.341 e. The van der Waals surface area contributed by atoms with Gasteiger partial charge in [-0.15, -0.1) is 11.3 Å². The third-order valence-electron chi connectivity index (χ3n) is 4.37. The van der Waals surface area contributed by atoms with Gasteiger partial charge in [-0.3, -0.25) is 9.59 Å². The lowest BCUT2D eigenvalue weighted by Crippen LogP contribution is -2.37. The number of amides is 2. The smallest absolute Gasteiger partial charge is 0.282 e. The van der Waals surface area contributed by atoms with E-state index in [0.29, 0.717) is 43.5 Å². The van der Waals surface area contributed by atoms with E-state index in [9.17, 15) is 9.59 Å². The third kappa shape index (κ3) is 4.46. The first-order valence-electron chi connectivity index (χ1n) is 8.58. The van der Waals surface area contributed by atoms with Crippen LogP contribution in [-0.2, 0) is 11.2 Å².